The van der Waals surface area contributed by atoms with Crippen molar-refractivity contribution in [2.75, 3.05) is 6.61 Å². The van der Waals surface area contributed by atoms with Gasteiger partial charge in [-0.05, 0) is 56.9 Å². The monoisotopic (exact) mass is 304 g/mol. The summed E-state index contributed by atoms with van der Waals surface area (Å²) in [6, 6.07) is 7.49. The second-order valence-corrected chi connectivity index (χ2v) is 5.53. The standard InChI is InChI=1S/C16H17ClN2O2/c1-2-21-16(20)15-13-5-3-4-6-14(13)19(18-15)12-9-7-11(17)8-10-12/h7-10H,2-6H2,1H3. The minimum absolute atomic E-state index is 0.330. The third kappa shape index (κ3) is 2.68. The highest BCUT2D eigenvalue weighted by Crippen LogP contribution is 2.27. The molecule has 0 fully saturated rings. The summed E-state index contributed by atoms with van der Waals surface area (Å²) in [5, 5.41) is 5.19. The SMILES string of the molecule is CCOC(=O)c1nn(-c2ccc(Cl)cc2)c2c1CCCC2. The zero-order valence-electron chi connectivity index (χ0n) is 11.9. The van der Waals surface area contributed by atoms with E-state index in [9.17, 15) is 4.79 Å². The predicted molar refractivity (Wildman–Crippen MR) is 81.2 cm³/mol. The fraction of sp³-hybridized carbons (Fsp3) is 0.375. The first kappa shape index (κ1) is 14.1. The average molecular weight is 305 g/mol. The van der Waals surface area contributed by atoms with Crippen LogP contribution in [0.1, 0.15) is 41.5 Å². The summed E-state index contributed by atoms with van der Waals surface area (Å²) in [6.07, 6.45) is 4.03. The van der Waals surface area contributed by atoms with Gasteiger partial charge in [-0.2, -0.15) is 5.10 Å². The highest BCUT2D eigenvalue weighted by Gasteiger charge is 2.26. The quantitative estimate of drug-likeness (QED) is 0.814. The molecule has 0 spiro atoms. The Morgan fingerprint density at radius 2 is 2.00 bits per heavy atom. The van der Waals surface area contributed by atoms with Crippen molar-refractivity contribution in [1.29, 1.82) is 0 Å². The molecule has 1 heterocycles. The first-order chi connectivity index (χ1) is 10.2. The summed E-state index contributed by atoms with van der Waals surface area (Å²) in [5.74, 6) is -0.330. The van der Waals surface area contributed by atoms with Crippen LogP contribution in [0.5, 0.6) is 0 Å². The predicted octanol–water partition coefficient (Wildman–Crippen LogP) is 3.58. The molecule has 4 nitrogen and oxygen atoms in total. The van der Waals surface area contributed by atoms with Crippen molar-refractivity contribution in [3.63, 3.8) is 0 Å². The summed E-state index contributed by atoms with van der Waals surface area (Å²) in [6.45, 7) is 2.17. The van der Waals surface area contributed by atoms with Crippen molar-refractivity contribution >= 4 is 17.6 Å². The number of rotatable bonds is 3. The number of benzene rings is 1. The van der Waals surface area contributed by atoms with Gasteiger partial charge in [0.15, 0.2) is 5.69 Å². The van der Waals surface area contributed by atoms with E-state index < -0.39 is 0 Å². The molecule has 0 unspecified atom stereocenters. The lowest BCUT2D eigenvalue weighted by molar-refractivity contribution is 0.0517. The number of esters is 1. The van der Waals surface area contributed by atoms with Crippen molar-refractivity contribution in [2.24, 2.45) is 0 Å². The second kappa shape index (κ2) is 5.90. The fourth-order valence-corrected chi connectivity index (χ4v) is 2.88. The van der Waals surface area contributed by atoms with Gasteiger partial charge in [0.2, 0.25) is 0 Å². The topological polar surface area (TPSA) is 44.1 Å². The molecule has 0 N–H and O–H groups in total. The van der Waals surface area contributed by atoms with Gasteiger partial charge < -0.3 is 4.74 Å². The van der Waals surface area contributed by atoms with Gasteiger partial charge in [-0.3, -0.25) is 0 Å². The number of ether oxygens (including phenoxy) is 1. The van der Waals surface area contributed by atoms with Crippen LogP contribution in [-0.2, 0) is 17.6 Å². The van der Waals surface area contributed by atoms with Crippen LogP contribution in [-0.4, -0.2) is 22.4 Å². The molecule has 5 heteroatoms. The number of carbonyl (C=O) groups is 1. The van der Waals surface area contributed by atoms with Crippen LogP contribution in [0.2, 0.25) is 5.02 Å². The molecule has 110 valence electrons. The highest BCUT2D eigenvalue weighted by atomic mass is 35.5. The normalized spacial score (nSPS) is 13.8. The molecule has 0 saturated carbocycles. The Hall–Kier alpha value is -1.81. The van der Waals surface area contributed by atoms with E-state index in [4.69, 9.17) is 16.3 Å². The molecular formula is C16H17ClN2O2. The van der Waals surface area contributed by atoms with Crippen LogP contribution >= 0.6 is 11.6 Å². The number of halogens is 1. The van der Waals surface area contributed by atoms with E-state index in [1.807, 2.05) is 28.9 Å². The van der Waals surface area contributed by atoms with E-state index in [0.29, 0.717) is 17.3 Å². The Morgan fingerprint density at radius 3 is 2.71 bits per heavy atom. The number of fused-ring (bicyclic) bond motifs is 1. The van der Waals surface area contributed by atoms with Gasteiger partial charge in [-0.1, -0.05) is 11.6 Å². The fourth-order valence-electron chi connectivity index (χ4n) is 2.76. The maximum absolute atomic E-state index is 12.1. The maximum Gasteiger partial charge on any atom is 0.359 e. The highest BCUT2D eigenvalue weighted by molar-refractivity contribution is 6.30. The van der Waals surface area contributed by atoms with E-state index in [-0.39, 0.29) is 5.97 Å². The summed E-state index contributed by atoms with van der Waals surface area (Å²) < 4.78 is 6.98. The lowest BCUT2D eigenvalue weighted by atomic mass is 9.95. The summed E-state index contributed by atoms with van der Waals surface area (Å²) in [5.41, 5.74) is 3.54. The van der Waals surface area contributed by atoms with Gasteiger partial charge >= 0.3 is 5.97 Å². The summed E-state index contributed by atoms with van der Waals surface area (Å²) in [4.78, 5) is 12.1. The van der Waals surface area contributed by atoms with Gasteiger partial charge in [0.25, 0.3) is 0 Å². The maximum atomic E-state index is 12.1. The molecule has 0 saturated heterocycles. The molecule has 0 aliphatic heterocycles. The largest absolute Gasteiger partial charge is 0.461 e. The third-order valence-corrected chi connectivity index (χ3v) is 3.97. The van der Waals surface area contributed by atoms with E-state index >= 15 is 0 Å². The van der Waals surface area contributed by atoms with E-state index in [2.05, 4.69) is 5.10 Å². The Balaban J connectivity index is 2.08. The molecule has 0 bridgehead atoms. The van der Waals surface area contributed by atoms with Gasteiger partial charge in [-0.15, -0.1) is 0 Å². The van der Waals surface area contributed by atoms with Crippen LogP contribution in [0.4, 0.5) is 0 Å². The number of carbonyl (C=O) groups excluding carboxylic acids is 1. The van der Waals surface area contributed by atoms with Crippen molar-refractivity contribution < 1.29 is 9.53 Å². The minimum atomic E-state index is -0.330. The molecule has 1 aromatic heterocycles. The lowest BCUT2D eigenvalue weighted by Crippen LogP contribution is -2.10. The zero-order valence-corrected chi connectivity index (χ0v) is 12.7. The molecular weight excluding hydrogens is 288 g/mol. The smallest absolute Gasteiger partial charge is 0.359 e. The van der Waals surface area contributed by atoms with Crippen LogP contribution < -0.4 is 0 Å². The van der Waals surface area contributed by atoms with Gasteiger partial charge in [-0.25, -0.2) is 9.48 Å². The number of nitrogens with zero attached hydrogens (tertiary/aromatic N) is 2. The van der Waals surface area contributed by atoms with E-state index in [1.54, 1.807) is 6.92 Å². The Bertz CT molecular complexity index is 662. The van der Waals surface area contributed by atoms with E-state index in [0.717, 1.165) is 42.6 Å². The van der Waals surface area contributed by atoms with Crippen LogP contribution in [0.3, 0.4) is 0 Å². The number of aromatic nitrogens is 2. The Kier molecular flexibility index (Phi) is 3.97. The van der Waals surface area contributed by atoms with Crippen molar-refractivity contribution in [1.82, 2.24) is 9.78 Å². The van der Waals surface area contributed by atoms with Crippen LogP contribution in [0, 0.1) is 0 Å². The van der Waals surface area contributed by atoms with Crippen molar-refractivity contribution in [2.45, 2.75) is 32.6 Å². The van der Waals surface area contributed by atoms with Gasteiger partial charge in [0.1, 0.15) is 0 Å². The first-order valence-corrected chi connectivity index (χ1v) is 7.62. The molecule has 0 atom stereocenters. The zero-order chi connectivity index (χ0) is 14.8. The number of hydrogen-bond acceptors (Lipinski definition) is 3. The van der Waals surface area contributed by atoms with Crippen LogP contribution in [0.25, 0.3) is 5.69 Å². The van der Waals surface area contributed by atoms with Gasteiger partial charge in [0, 0.05) is 16.3 Å². The first-order valence-electron chi connectivity index (χ1n) is 7.24. The minimum Gasteiger partial charge on any atom is -0.461 e. The molecule has 2 aromatic rings. The van der Waals surface area contributed by atoms with Crippen molar-refractivity contribution in [3.8, 4) is 5.69 Å². The molecule has 21 heavy (non-hydrogen) atoms. The van der Waals surface area contributed by atoms with Gasteiger partial charge in [0.05, 0.1) is 12.3 Å². The third-order valence-electron chi connectivity index (χ3n) is 3.72. The molecule has 3 rings (SSSR count). The van der Waals surface area contributed by atoms with Crippen LogP contribution in [0.15, 0.2) is 24.3 Å². The Morgan fingerprint density at radius 1 is 1.29 bits per heavy atom. The second-order valence-electron chi connectivity index (χ2n) is 5.09. The molecule has 1 aliphatic rings. The molecule has 1 aromatic carbocycles. The molecule has 0 radical (unpaired) electrons. The Labute approximate surface area is 128 Å². The van der Waals surface area contributed by atoms with Crippen molar-refractivity contribution in [3.05, 3.63) is 46.2 Å². The van der Waals surface area contributed by atoms with E-state index in [1.165, 1.54) is 0 Å². The molecule has 0 amide bonds. The average Bonchev–Trinajstić information content (AvgIpc) is 2.88. The number of hydrogen-bond donors (Lipinski definition) is 0. The summed E-state index contributed by atoms with van der Waals surface area (Å²) in [7, 11) is 0. The lowest BCUT2D eigenvalue weighted by Gasteiger charge is -2.14. The summed E-state index contributed by atoms with van der Waals surface area (Å²) >= 11 is 5.94. The molecule has 1 aliphatic carbocycles.